The van der Waals surface area contributed by atoms with Gasteiger partial charge >= 0.3 is 0 Å². The molecule has 0 N–H and O–H groups in total. The maximum absolute atomic E-state index is 12.7. The molecule has 0 atom stereocenters. The second kappa shape index (κ2) is 6.52. The molecule has 4 nitrogen and oxygen atoms in total. The lowest BCUT2D eigenvalue weighted by Crippen LogP contribution is -2.27. The van der Waals surface area contributed by atoms with Crippen LogP contribution in [0, 0.1) is 6.92 Å². The van der Waals surface area contributed by atoms with Crippen molar-refractivity contribution in [1.29, 1.82) is 0 Å². The Kier molecular flexibility index (Phi) is 4.45. The van der Waals surface area contributed by atoms with Gasteiger partial charge in [-0.05, 0) is 37.3 Å². The first-order valence-electron chi connectivity index (χ1n) is 6.95. The van der Waals surface area contributed by atoms with Crippen LogP contribution in [0.3, 0.4) is 0 Å². The SMILES string of the molecule is COc1ccccc1N1C(=O)/C(=C\c2cccc(C)n2)SC1=S. The predicted molar refractivity (Wildman–Crippen MR) is 97.6 cm³/mol. The first-order chi connectivity index (χ1) is 11.1. The second-order valence-corrected chi connectivity index (χ2v) is 6.57. The minimum absolute atomic E-state index is 0.159. The summed E-state index contributed by atoms with van der Waals surface area (Å²) >= 11 is 6.65. The Hall–Kier alpha value is -2.18. The first kappa shape index (κ1) is 15.7. The van der Waals surface area contributed by atoms with E-state index >= 15 is 0 Å². The second-order valence-electron chi connectivity index (χ2n) is 4.89. The van der Waals surface area contributed by atoms with Gasteiger partial charge in [0.25, 0.3) is 5.91 Å². The number of pyridine rings is 1. The highest BCUT2D eigenvalue weighted by Gasteiger charge is 2.34. The molecule has 1 aliphatic heterocycles. The number of methoxy groups -OCH3 is 1. The van der Waals surface area contributed by atoms with Crippen LogP contribution in [0.15, 0.2) is 47.4 Å². The Balaban J connectivity index is 1.97. The highest BCUT2D eigenvalue weighted by molar-refractivity contribution is 8.27. The van der Waals surface area contributed by atoms with Crippen LogP contribution in [0.5, 0.6) is 5.75 Å². The lowest BCUT2D eigenvalue weighted by atomic mass is 10.2. The Morgan fingerprint density at radius 3 is 2.74 bits per heavy atom. The molecular formula is C17H14N2O2S2. The number of anilines is 1. The largest absolute Gasteiger partial charge is 0.495 e. The molecule has 0 aliphatic carbocycles. The molecule has 0 saturated carbocycles. The van der Waals surface area contributed by atoms with Crippen LogP contribution in [-0.4, -0.2) is 22.3 Å². The highest BCUT2D eigenvalue weighted by atomic mass is 32.2. The average molecular weight is 342 g/mol. The summed E-state index contributed by atoms with van der Waals surface area (Å²) in [6.45, 7) is 1.91. The van der Waals surface area contributed by atoms with Crippen LogP contribution in [-0.2, 0) is 4.79 Å². The molecule has 1 saturated heterocycles. The van der Waals surface area contributed by atoms with E-state index in [1.54, 1.807) is 19.3 Å². The topological polar surface area (TPSA) is 42.4 Å². The van der Waals surface area contributed by atoms with Crippen molar-refractivity contribution in [1.82, 2.24) is 4.98 Å². The fourth-order valence-electron chi connectivity index (χ4n) is 2.27. The number of aromatic nitrogens is 1. The lowest BCUT2D eigenvalue weighted by molar-refractivity contribution is -0.113. The molecule has 6 heteroatoms. The van der Waals surface area contributed by atoms with Gasteiger partial charge in [0.05, 0.1) is 23.4 Å². The number of hydrogen-bond donors (Lipinski definition) is 0. The Labute approximate surface area is 144 Å². The van der Waals surface area contributed by atoms with Crippen LogP contribution < -0.4 is 9.64 Å². The van der Waals surface area contributed by atoms with E-state index < -0.39 is 0 Å². The average Bonchev–Trinajstić information content (AvgIpc) is 2.81. The van der Waals surface area contributed by atoms with Crippen LogP contribution in [0.2, 0.25) is 0 Å². The number of carbonyl (C=O) groups is 1. The van der Waals surface area contributed by atoms with Gasteiger partial charge in [-0.25, -0.2) is 0 Å². The predicted octanol–water partition coefficient (Wildman–Crippen LogP) is 3.80. The third kappa shape index (κ3) is 3.13. The summed E-state index contributed by atoms with van der Waals surface area (Å²) in [5, 5.41) is 0. The van der Waals surface area contributed by atoms with Gasteiger partial charge in [-0.15, -0.1) is 0 Å². The number of nitrogens with zero attached hydrogens (tertiary/aromatic N) is 2. The van der Waals surface area contributed by atoms with Crippen molar-refractivity contribution in [2.75, 3.05) is 12.0 Å². The molecule has 0 spiro atoms. The van der Waals surface area contributed by atoms with E-state index in [0.29, 0.717) is 20.7 Å². The third-order valence-corrected chi connectivity index (χ3v) is 4.61. The maximum atomic E-state index is 12.7. The van der Waals surface area contributed by atoms with Gasteiger partial charge in [0.2, 0.25) is 0 Å². The number of hydrogen-bond acceptors (Lipinski definition) is 5. The number of thioether (sulfide) groups is 1. The van der Waals surface area contributed by atoms with Gasteiger partial charge in [-0.3, -0.25) is 14.7 Å². The molecule has 0 radical (unpaired) electrons. The number of benzene rings is 1. The number of rotatable bonds is 3. The van der Waals surface area contributed by atoms with E-state index in [1.807, 2.05) is 43.3 Å². The van der Waals surface area contributed by atoms with Crippen molar-refractivity contribution in [3.8, 4) is 5.75 Å². The minimum Gasteiger partial charge on any atom is -0.495 e. The van der Waals surface area contributed by atoms with Gasteiger partial charge in [-0.2, -0.15) is 0 Å². The molecule has 2 heterocycles. The maximum Gasteiger partial charge on any atom is 0.270 e. The summed E-state index contributed by atoms with van der Waals surface area (Å²) in [6, 6.07) is 13.0. The van der Waals surface area contributed by atoms with E-state index in [4.69, 9.17) is 17.0 Å². The molecule has 2 aromatic rings. The van der Waals surface area contributed by atoms with Crippen LogP contribution in [0.4, 0.5) is 5.69 Å². The van der Waals surface area contributed by atoms with Gasteiger partial charge in [0, 0.05) is 5.69 Å². The number of ether oxygens (including phenoxy) is 1. The van der Waals surface area contributed by atoms with Crippen molar-refractivity contribution >= 4 is 46.0 Å². The van der Waals surface area contributed by atoms with Gasteiger partial charge in [0.15, 0.2) is 4.32 Å². The van der Waals surface area contributed by atoms with Crippen molar-refractivity contribution < 1.29 is 9.53 Å². The lowest BCUT2D eigenvalue weighted by Gasteiger charge is -2.17. The van der Waals surface area contributed by atoms with Crippen molar-refractivity contribution in [3.05, 3.63) is 58.8 Å². The molecule has 0 bridgehead atoms. The van der Waals surface area contributed by atoms with E-state index in [2.05, 4.69) is 4.98 Å². The Morgan fingerprint density at radius 2 is 2.00 bits per heavy atom. The summed E-state index contributed by atoms with van der Waals surface area (Å²) in [5.74, 6) is 0.450. The number of thiocarbonyl (C=S) groups is 1. The molecule has 1 aromatic heterocycles. The fourth-order valence-corrected chi connectivity index (χ4v) is 3.54. The molecular weight excluding hydrogens is 328 g/mol. The minimum atomic E-state index is -0.159. The van der Waals surface area contributed by atoms with E-state index in [9.17, 15) is 4.79 Å². The first-order valence-corrected chi connectivity index (χ1v) is 8.17. The van der Waals surface area contributed by atoms with Crippen LogP contribution in [0.1, 0.15) is 11.4 Å². The number of carbonyl (C=O) groups excluding carboxylic acids is 1. The van der Waals surface area contributed by atoms with Gasteiger partial charge < -0.3 is 4.74 Å². The number of amides is 1. The fraction of sp³-hybridized carbons (Fsp3) is 0.118. The monoisotopic (exact) mass is 342 g/mol. The molecule has 1 aliphatic rings. The van der Waals surface area contributed by atoms with Gasteiger partial charge in [0.1, 0.15) is 5.75 Å². The normalized spacial score (nSPS) is 16.3. The zero-order valence-corrected chi connectivity index (χ0v) is 14.3. The molecule has 0 unspecified atom stereocenters. The third-order valence-electron chi connectivity index (χ3n) is 3.31. The van der Waals surface area contributed by atoms with Crippen LogP contribution >= 0.6 is 24.0 Å². The standard InChI is InChI=1S/C17H14N2O2S2/c1-11-6-5-7-12(18-11)10-15-16(20)19(17(22)23-15)13-8-3-4-9-14(13)21-2/h3-10H,1-2H3/b15-10+. The summed E-state index contributed by atoms with van der Waals surface area (Å²) < 4.78 is 5.81. The molecule has 3 rings (SSSR count). The highest BCUT2D eigenvalue weighted by Crippen LogP contribution is 2.39. The Bertz CT molecular complexity index is 818. The zero-order valence-electron chi connectivity index (χ0n) is 12.6. The number of aryl methyl sites for hydroxylation is 1. The van der Waals surface area contributed by atoms with E-state index in [-0.39, 0.29) is 5.91 Å². The molecule has 1 fully saturated rings. The molecule has 1 aromatic carbocycles. The van der Waals surface area contributed by atoms with Crippen molar-refractivity contribution in [2.24, 2.45) is 0 Å². The van der Waals surface area contributed by atoms with Crippen molar-refractivity contribution in [2.45, 2.75) is 6.92 Å². The summed E-state index contributed by atoms with van der Waals surface area (Å²) in [7, 11) is 1.57. The quantitative estimate of drug-likeness (QED) is 0.627. The number of para-hydroxylation sites is 2. The summed E-state index contributed by atoms with van der Waals surface area (Å²) in [6.07, 6.45) is 1.77. The van der Waals surface area contributed by atoms with E-state index in [1.165, 1.54) is 16.7 Å². The molecule has 116 valence electrons. The molecule has 1 amide bonds. The zero-order chi connectivity index (χ0) is 16.4. The van der Waals surface area contributed by atoms with Crippen LogP contribution in [0.25, 0.3) is 6.08 Å². The summed E-state index contributed by atoms with van der Waals surface area (Å²) in [5.41, 5.74) is 2.29. The smallest absolute Gasteiger partial charge is 0.270 e. The van der Waals surface area contributed by atoms with Gasteiger partial charge in [-0.1, -0.05) is 42.2 Å². The van der Waals surface area contributed by atoms with Crippen molar-refractivity contribution in [3.63, 3.8) is 0 Å². The van der Waals surface area contributed by atoms with E-state index in [0.717, 1.165) is 11.4 Å². The molecule has 23 heavy (non-hydrogen) atoms. The Morgan fingerprint density at radius 1 is 1.22 bits per heavy atom. The summed E-state index contributed by atoms with van der Waals surface area (Å²) in [4.78, 5) is 19.2.